The van der Waals surface area contributed by atoms with Crippen LogP contribution in [0.3, 0.4) is 0 Å². The normalized spacial score (nSPS) is 41.1. The van der Waals surface area contributed by atoms with Crippen LogP contribution in [0.5, 0.6) is 11.5 Å². The minimum atomic E-state index is -1.99. The fourth-order valence-electron chi connectivity index (χ4n) is 17.7. The number of phenolic OH excluding ortho intramolecular Hbond substituents is 1. The summed E-state index contributed by atoms with van der Waals surface area (Å²) in [5.41, 5.74) is -5.03. The molecule has 1 spiro atoms. The number of allylic oxidation sites excluding steroid dienone is 4. The number of benzene rings is 1. The summed E-state index contributed by atoms with van der Waals surface area (Å²) in [4.78, 5) is 93.0. The van der Waals surface area contributed by atoms with Crippen molar-refractivity contribution in [2.24, 2.45) is 58.3 Å². The molecule has 27 atom stereocenters. The van der Waals surface area contributed by atoms with Crippen LogP contribution in [0.25, 0.3) is 0 Å². The van der Waals surface area contributed by atoms with Crippen molar-refractivity contribution in [1.82, 2.24) is 20.4 Å². The van der Waals surface area contributed by atoms with Crippen molar-refractivity contribution in [3.63, 3.8) is 0 Å². The maximum Gasteiger partial charge on any atom is 0.312 e. The SMILES string of the molecule is CC[C@H]1OC(=O)[C@H](C)[C@@H](O[C@H]2C[C@@](C)(OC)[C@@H](O)[C@H](C)O2)[C@H](C)[C@@H](O[C@@H]2O[C@H](C)C[C@H](N(C)C)[C@H]2O)[C@](C)(O)C[C@@H](C)C(=O)[C@H](C)[C@@H](O)[C@]1(C)O.CO[C@H]1/C=C/O[C@@]2(C)Oc3c(C)c(O)c4c(c3C2=O)C2=NC3(CCN(CC(C)C)CC3)NC2=C(NC(=O)/C(C)=C\C=C\[C@H](C)[C@H](O)[C@@H](C)[C@@H](O)[C@@H](C)[C@H](OC(C)=O)[C@@H]1C)C4=O. The minimum absolute atomic E-state index is 0.0164. The predicted octanol–water partition coefficient (Wildman–Crippen LogP) is 6.40. The Kier molecular flexibility index (Phi) is 29.5. The van der Waals surface area contributed by atoms with E-state index in [1.807, 2.05) is 25.9 Å². The standard InChI is InChI=1S/C46H62N4O11.C37H67NO13/c1-22(2)21-50-18-16-46(17-19-50)48-34-31-32-39(54)28(8)42-33(31)43(56)45(10,61-42)59-20-15-30(58-11)25(5)41(60-29(9)51)27(7)38(53)26(6)37(52)23(3)13-12-14-24(4)44(57)47-36(40(32)55)35(34)49-46;1-14-25-37(10,45)30(41)20(4)27(39)18(2)16-35(8,44)32(51-34-28(40)24(38(11)12)15-19(3)47-34)21(5)29(22(6)33(43)49-25)50-26-17-36(9,46-13)31(42)23(7)48-26/h12-15,20,22-23,25-27,30,37-38,41,49,52-54H,16-19,21H2,1-11H3,(H,47,57);18-26,28-32,34,40-42,44-45H,14-17H2,1-13H3/b13-12+,20-15+,24-14-;/t23-,25+,26+,27+,30-,37-,38+,41+,45-;18-,19-,20+,21+,22-,23+,24+,25-,26+,28-,29+,30-,31+,32-,34+,35-,36-,37-/m01/s1. The third kappa shape index (κ3) is 18.9. The number of aliphatic imine (C=N–C) groups is 1. The zero-order valence-electron chi connectivity index (χ0n) is 70.1. The maximum absolute atomic E-state index is 14.7. The van der Waals surface area contributed by atoms with Crippen LogP contribution in [0.15, 0.2) is 52.5 Å². The van der Waals surface area contributed by atoms with E-state index in [9.17, 15) is 69.6 Å². The molecule has 1 aromatic carbocycles. The van der Waals surface area contributed by atoms with Crippen molar-refractivity contribution >= 4 is 40.9 Å². The van der Waals surface area contributed by atoms with Gasteiger partial charge < -0.3 is 109 Å². The molecule has 5 bridgehead atoms. The van der Waals surface area contributed by atoms with Gasteiger partial charge in [-0.15, -0.1) is 0 Å². The number of cyclic esters (lactones) is 1. The number of aromatic hydroxyl groups is 1. The number of phenols is 1. The van der Waals surface area contributed by atoms with Gasteiger partial charge in [-0.25, -0.2) is 0 Å². The number of likely N-dealkylation sites (N-methyl/N-ethyl adjacent to an activating group) is 1. The molecule has 8 aliphatic rings. The van der Waals surface area contributed by atoms with Crippen molar-refractivity contribution in [3.8, 4) is 11.5 Å². The quantitative estimate of drug-likeness (QED) is 0.107. The van der Waals surface area contributed by atoms with Crippen molar-refractivity contribution in [2.45, 2.75) is 297 Å². The van der Waals surface area contributed by atoms with Crippen LogP contribution in [0.2, 0.25) is 0 Å². The Morgan fingerprint density at radius 3 is 2.01 bits per heavy atom. The number of Topliss-reactive ketones (excluding diaryl/α,β-unsaturated/α-hetero) is 3. The summed E-state index contributed by atoms with van der Waals surface area (Å²) in [7, 11) is 6.64. The smallest absolute Gasteiger partial charge is 0.312 e. The molecule has 0 radical (unpaired) electrons. The second kappa shape index (κ2) is 36.2. The van der Waals surface area contributed by atoms with Gasteiger partial charge in [0.2, 0.25) is 5.78 Å². The number of carbonyl (C=O) groups is 6. The van der Waals surface area contributed by atoms with Crippen LogP contribution in [0, 0.1) is 60.2 Å². The van der Waals surface area contributed by atoms with Gasteiger partial charge in [-0.05, 0) is 101 Å². The van der Waals surface area contributed by atoms with Crippen LogP contribution >= 0.6 is 0 Å². The van der Waals surface area contributed by atoms with Gasteiger partial charge in [0.15, 0.2) is 12.6 Å². The number of nitrogens with zero attached hydrogens (tertiary/aromatic N) is 3. The molecule has 630 valence electrons. The lowest BCUT2D eigenvalue weighted by molar-refractivity contribution is -0.318. The molecule has 4 fully saturated rings. The number of methoxy groups -OCH3 is 2. The Morgan fingerprint density at radius 2 is 1.42 bits per heavy atom. The zero-order chi connectivity index (χ0) is 83.8. The molecule has 0 saturated carbocycles. The van der Waals surface area contributed by atoms with Crippen molar-refractivity contribution in [2.75, 3.05) is 47.9 Å². The van der Waals surface area contributed by atoms with E-state index >= 15 is 0 Å². The number of aliphatic hydroxyl groups is 7. The molecule has 0 aromatic heterocycles. The summed E-state index contributed by atoms with van der Waals surface area (Å²) in [6, 6.07) is -0.324. The first-order valence-corrected chi connectivity index (χ1v) is 39.7. The number of carbonyl (C=O) groups excluding carboxylic acids is 6. The number of hydrogen-bond donors (Lipinski definition) is 10. The average molecular weight is 1580 g/mol. The molecule has 1 aliphatic carbocycles. The van der Waals surface area contributed by atoms with Gasteiger partial charge in [0.1, 0.15) is 58.7 Å². The Hall–Kier alpha value is -6.13. The number of aliphatic hydroxyl groups excluding tert-OH is 5. The first-order chi connectivity index (χ1) is 52.1. The molecule has 29 nitrogen and oxygen atoms in total. The van der Waals surface area contributed by atoms with E-state index in [0.717, 1.165) is 19.6 Å². The van der Waals surface area contributed by atoms with Gasteiger partial charge in [0, 0.05) is 131 Å². The summed E-state index contributed by atoms with van der Waals surface area (Å²) < 4.78 is 61.0. The van der Waals surface area contributed by atoms with Crippen LogP contribution in [-0.2, 0) is 61.8 Å². The van der Waals surface area contributed by atoms with Crippen LogP contribution in [-0.4, -0.2) is 260 Å². The van der Waals surface area contributed by atoms with Crippen LogP contribution in [0.1, 0.15) is 202 Å². The highest BCUT2D eigenvalue weighted by molar-refractivity contribution is 6.34. The number of esters is 2. The van der Waals surface area contributed by atoms with Gasteiger partial charge in [-0.1, -0.05) is 87.5 Å². The van der Waals surface area contributed by atoms with E-state index < -0.39 is 196 Å². The van der Waals surface area contributed by atoms with E-state index in [1.165, 1.54) is 62.0 Å². The molecule has 7 aliphatic heterocycles. The molecule has 4 saturated heterocycles. The summed E-state index contributed by atoms with van der Waals surface area (Å²) in [5, 5.41) is 98.7. The highest BCUT2D eigenvalue weighted by atomic mass is 16.7. The molecular formula is C83H129N5O24. The van der Waals surface area contributed by atoms with E-state index in [2.05, 4.69) is 29.4 Å². The number of hydrogen-bond acceptors (Lipinski definition) is 28. The molecular weight excluding hydrogens is 1450 g/mol. The fourth-order valence-corrected chi connectivity index (χ4v) is 17.7. The van der Waals surface area contributed by atoms with E-state index in [4.69, 9.17) is 52.4 Å². The average Bonchev–Trinajstić information content (AvgIpc) is 1.53. The minimum Gasteiger partial charge on any atom is -0.507 e. The third-order valence-electron chi connectivity index (χ3n) is 24.8. The van der Waals surface area contributed by atoms with Gasteiger partial charge >= 0.3 is 17.7 Å². The number of fused-ring (bicyclic) bond motifs is 3. The first kappa shape index (κ1) is 91.4. The molecule has 0 unspecified atom stereocenters. The first-order valence-electron chi connectivity index (χ1n) is 39.7. The Morgan fingerprint density at radius 1 is 0.777 bits per heavy atom. The molecule has 29 heteroatoms. The molecule has 1 amide bonds. The van der Waals surface area contributed by atoms with Gasteiger partial charge in [0.05, 0.1) is 94.7 Å². The number of likely N-dealkylation sites (tertiary alicyclic amines) is 1. The lowest BCUT2D eigenvalue weighted by atomic mass is 9.74. The summed E-state index contributed by atoms with van der Waals surface area (Å²) >= 11 is 0. The van der Waals surface area contributed by atoms with Gasteiger partial charge in [0.25, 0.3) is 11.7 Å². The number of ether oxygens (including phenoxy) is 10. The summed E-state index contributed by atoms with van der Waals surface area (Å²) in [5.74, 6) is -11.8. The molecule has 10 N–H and O–H groups in total. The molecule has 1 aromatic rings. The number of piperidine rings is 1. The zero-order valence-corrected chi connectivity index (χ0v) is 70.1. The van der Waals surface area contributed by atoms with Crippen molar-refractivity contribution in [1.29, 1.82) is 0 Å². The van der Waals surface area contributed by atoms with Crippen LogP contribution < -0.4 is 15.4 Å². The fraction of sp³-hybridized carbons (Fsp3) is 0.747. The summed E-state index contributed by atoms with van der Waals surface area (Å²) in [6.45, 7) is 35.8. The molecule has 9 rings (SSSR count). The predicted molar refractivity (Wildman–Crippen MR) is 413 cm³/mol. The highest BCUT2D eigenvalue weighted by Gasteiger charge is 2.57. The highest BCUT2D eigenvalue weighted by Crippen LogP contribution is 2.51. The van der Waals surface area contributed by atoms with Crippen molar-refractivity contribution < 1.29 is 117 Å². The van der Waals surface area contributed by atoms with E-state index in [1.54, 1.807) is 100 Å². The lowest BCUT2D eigenvalue weighted by Crippen LogP contribution is -2.61. The number of nitrogens with one attached hydrogen (secondary N) is 2. The third-order valence-corrected chi connectivity index (χ3v) is 24.8. The van der Waals surface area contributed by atoms with Gasteiger partial charge in [-0.2, -0.15) is 0 Å². The Bertz CT molecular complexity index is 3730. The second-order valence-electron chi connectivity index (χ2n) is 34.5. The van der Waals surface area contributed by atoms with Crippen LogP contribution in [0.4, 0.5) is 0 Å². The monoisotopic (exact) mass is 1580 g/mol. The number of rotatable bonds is 11. The summed E-state index contributed by atoms with van der Waals surface area (Å²) in [6.07, 6.45) is -4.65. The maximum atomic E-state index is 14.7. The van der Waals surface area contributed by atoms with E-state index in [-0.39, 0.29) is 82.1 Å². The largest absolute Gasteiger partial charge is 0.507 e. The lowest BCUT2D eigenvalue weighted by Gasteiger charge is -2.49. The van der Waals surface area contributed by atoms with Gasteiger partial charge in [-0.3, -0.25) is 33.8 Å². The molecule has 7 heterocycles. The number of ketones is 3. The molecule has 112 heavy (non-hydrogen) atoms. The topological polar surface area (TPSA) is 399 Å². The number of amides is 1. The van der Waals surface area contributed by atoms with Crippen molar-refractivity contribution in [3.05, 3.63) is 69.8 Å². The Balaban J connectivity index is 0.000000286. The second-order valence-corrected chi connectivity index (χ2v) is 34.5. The Labute approximate surface area is 660 Å². The van der Waals surface area contributed by atoms with E-state index in [0.29, 0.717) is 25.2 Å².